The molecule has 0 saturated heterocycles. The summed E-state index contributed by atoms with van der Waals surface area (Å²) in [6.07, 6.45) is 0. The zero-order chi connectivity index (χ0) is 37.5. The Morgan fingerprint density at radius 3 is 1.30 bits per heavy atom. The molecule has 7 rings (SSSR count). The number of nitrogens with two attached hydrogens (primary N) is 1. The van der Waals surface area contributed by atoms with Gasteiger partial charge < -0.3 is 45.1 Å². The Bertz CT molecular complexity index is 3050. The van der Waals surface area contributed by atoms with Crippen molar-refractivity contribution in [2.24, 2.45) is 0 Å². The number of aromatic nitrogens is 1. The summed E-state index contributed by atoms with van der Waals surface area (Å²) < 4.78 is 166. The van der Waals surface area contributed by atoms with Crippen molar-refractivity contribution in [2.45, 2.75) is 0 Å². The summed E-state index contributed by atoms with van der Waals surface area (Å²) >= 11 is 0. The van der Waals surface area contributed by atoms with Gasteiger partial charge >= 0.3 is 118 Å². The fraction of sp³-hybridized carbons (Fsp3) is 0. The van der Waals surface area contributed by atoms with Crippen LogP contribution >= 0.6 is 0 Å². The molecule has 0 fully saturated rings. The third-order valence-corrected chi connectivity index (χ3v) is 9.02. The predicted octanol–water partition coefficient (Wildman–Crippen LogP) is -8.94. The Kier molecular flexibility index (Phi) is 15.3. The molecule has 270 valence electrons. The van der Waals surface area contributed by atoms with Crippen LogP contribution in [0.25, 0.3) is 65.6 Å². The van der Waals surface area contributed by atoms with E-state index in [0.29, 0.717) is 0 Å². The number of hydrogen-bond acceptors (Lipinski definition) is 19. The maximum Gasteiger partial charge on any atom is 1.00 e. The fourth-order valence-electron chi connectivity index (χ4n) is 5.80. The number of hydrogen-bond donors (Lipinski definition) is 1. The van der Waals surface area contributed by atoms with Crippen LogP contribution in [0, 0.1) is 0 Å². The SMILES string of the molecule is Nc1c(-c2nc3cc4c(OS(=O)(=O)[O-])c5ccccc5c(OS(=O)(=O)[O-])c4cc3o2)ccc2c(OS(=O)(=O)[O-])c3ccccc3c(OS(=O)(=O)[O-])c12.[Na+].[Na+].[Na+].[Na+]. The Morgan fingerprint density at radius 2 is 0.875 bits per heavy atom. The van der Waals surface area contributed by atoms with E-state index < -0.39 is 75.7 Å². The van der Waals surface area contributed by atoms with E-state index in [0.717, 1.165) is 18.2 Å². The molecule has 0 atom stereocenters. The van der Waals surface area contributed by atoms with Gasteiger partial charge in [-0.05, 0) is 24.3 Å². The van der Waals surface area contributed by atoms with Gasteiger partial charge in [0.15, 0.2) is 28.6 Å². The summed E-state index contributed by atoms with van der Waals surface area (Å²) in [5.41, 5.74) is 5.57. The monoisotopic (exact) mass is 882 g/mol. The van der Waals surface area contributed by atoms with Crippen molar-refractivity contribution < 1.29 is 191 Å². The fourth-order valence-corrected chi connectivity index (χ4v) is 7.33. The molecule has 1 heterocycles. The molecule has 0 spiro atoms. The van der Waals surface area contributed by atoms with Gasteiger partial charge in [-0.15, -0.1) is 0 Å². The number of anilines is 1. The predicted molar refractivity (Wildman–Crippen MR) is 175 cm³/mol. The molecule has 6 aromatic carbocycles. The first-order valence-electron chi connectivity index (χ1n) is 13.8. The van der Waals surface area contributed by atoms with Crippen molar-refractivity contribution in [3.05, 3.63) is 72.8 Å². The number of nitrogen functional groups attached to an aromatic ring is 1. The average molecular weight is 883 g/mol. The Labute approximate surface area is 405 Å². The van der Waals surface area contributed by atoms with Gasteiger partial charge in [-0.2, -0.15) is 0 Å². The molecular formula is C29H14N2Na4O17S4. The summed E-state index contributed by atoms with van der Waals surface area (Å²) in [6.45, 7) is 0. The van der Waals surface area contributed by atoms with Gasteiger partial charge in [0.2, 0.25) is 5.89 Å². The Hall–Kier alpha value is -1.53. The van der Waals surface area contributed by atoms with E-state index in [4.69, 9.17) is 26.9 Å². The summed E-state index contributed by atoms with van der Waals surface area (Å²) in [5, 5.41) is -1.97. The van der Waals surface area contributed by atoms with E-state index in [2.05, 4.69) is 4.98 Å². The third-order valence-electron chi connectivity index (χ3n) is 7.54. The summed E-state index contributed by atoms with van der Waals surface area (Å²) in [6, 6.07) is 15.1. The van der Waals surface area contributed by atoms with E-state index in [1.165, 1.54) is 54.6 Å². The molecule has 27 heteroatoms. The molecule has 0 bridgehead atoms. The second-order valence-corrected chi connectivity index (χ2v) is 14.6. The van der Waals surface area contributed by atoms with Crippen LogP contribution in [0.15, 0.2) is 77.2 Å². The minimum Gasteiger partial charge on any atom is -0.716 e. The topological polar surface area (TPSA) is 318 Å². The van der Waals surface area contributed by atoms with E-state index >= 15 is 0 Å². The first kappa shape index (κ1) is 48.8. The maximum atomic E-state index is 11.9. The Morgan fingerprint density at radius 1 is 0.500 bits per heavy atom. The molecule has 0 unspecified atom stereocenters. The second-order valence-electron chi connectivity index (χ2n) is 10.7. The van der Waals surface area contributed by atoms with Crippen molar-refractivity contribution in [1.82, 2.24) is 4.98 Å². The molecule has 0 aliphatic rings. The summed E-state index contributed by atoms with van der Waals surface area (Å²) in [5.74, 6) is -2.80. The molecule has 0 saturated carbocycles. The van der Waals surface area contributed by atoms with Gasteiger partial charge in [-0.25, -0.2) is 38.7 Å². The zero-order valence-electron chi connectivity index (χ0n) is 29.0. The van der Waals surface area contributed by atoms with Crippen molar-refractivity contribution >= 4 is 101 Å². The molecule has 1 aromatic heterocycles. The number of benzene rings is 6. The van der Waals surface area contributed by atoms with Crippen LogP contribution in [0.4, 0.5) is 5.69 Å². The van der Waals surface area contributed by atoms with Crippen LogP contribution in [-0.2, 0) is 41.6 Å². The van der Waals surface area contributed by atoms with E-state index in [-0.39, 0.29) is 178 Å². The number of oxazole rings is 1. The molecule has 56 heavy (non-hydrogen) atoms. The zero-order valence-corrected chi connectivity index (χ0v) is 40.3. The minimum absolute atomic E-state index is 0. The van der Waals surface area contributed by atoms with Crippen LogP contribution in [-0.4, -0.2) is 56.9 Å². The van der Waals surface area contributed by atoms with Gasteiger partial charge in [0.25, 0.3) is 41.6 Å². The van der Waals surface area contributed by atoms with E-state index in [1.807, 2.05) is 0 Å². The third kappa shape index (κ3) is 10.1. The van der Waals surface area contributed by atoms with Crippen LogP contribution in [0.2, 0.25) is 0 Å². The van der Waals surface area contributed by atoms with Gasteiger partial charge in [0.1, 0.15) is 5.52 Å². The number of fused-ring (bicyclic) bond motifs is 5. The van der Waals surface area contributed by atoms with Crippen LogP contribution in [0.1, 0.15) is 0 Å². The molecule has 0 radical (unpaired) electrons. The molecule has 0 aliphatic carbocycles. The van der Waals surface area contributed by atoms with Crippen LogP contribution < -0.4 is 141 Å². The van der Waals surface area contributed by atoms with Crippen molar-refractivity contribution in [1.29, 1.82) is 0 Å². The minimum atomic E-state index is -5.52. The summed E-state index contributed by atoms with van der Waals surface area (Å²) in [7, 11) is -21.9. The van der Waals surface area contributed by atoms with Gasteiger partial charge in [-0.3, -0.25) is 0 Å². The number of rotatable bonds is 9. The van der Waals surface area contributed by atoms with Gasteiger partial charge in [-0.1, -0.05) is 48.5 Å². The molecule has 19 nitrogen and oxygen atoms in total. The van der Waals surface area contributed by atoms with Crippen molar-refractivity contribution in [2.75, 3.05) is 5.73 Å². The molecule has 0 aliphatic heterocycles. The van der Waals surface area contributed by atoms with Gasteiger partial charge in [0.05, 0.1) is 16.6 Å². The quantitative estimate of drug-likeness (QED) is 0.0463. The summed E-state index contributed by atoms with van der Waals surface area (Å²) in [4.78, 5) is 4.32. The second kappa shape index (κ2) is 17.6. The first-order chi connectivity index (χ1) is 24.2. The molecule has 0 amide bonds. The van der Waals surface area contributed by atoms with E-state index in [9.17, 15) is 51.9 Å². The molecular weight excluding hydrogens is 869 g/mol. The van der Waals surface area contributed by atoms with Crippen LogP contribution in [0.5, 0.6) is 23.0 Å². The standard InChI is InChI=1S/C29H18N2O17S4.4Na/c30-24-18(10-9-17-23(24)28(48-52(41,42)43)16-8-4-3-7-15(16)25(17)45-49(32,33)34)29-31-21-11-19-20(12-22(21)44-29)27(47-51(38,39)40)14-6-2-1-5-13(14)26(19)46-50(35,36)37;;;;/h1-12H,30H2,(H,32,33,34)(H,35,36,37)(H,38,39,40)(H,41,42,43);;;;/q;4*+1/p-4. The molecule has 7 aromatic rings. The van der Waals surface area contributed by atoms with E-state index in [1.54, 1.807) is 0 Å². The maximum absolute atomic E-state index is 11.9. The number of nitrogens with zero attached hydrogens (tertiary/aromatic N) is 1. The largest absolute Gasteiger partial charge is 1.00 e. The first-order valence-corrected chi connectivity index (χ1v) is 19.2. The van der Waals surface area contributed by atoms with Gasteiger partial charge in [0, 0.05) is 37.7 Å². The van der Waals surface area contributed by atoms with Crippen molar-refractivity contribution in [3.63, 3.8) is 0 Å². The average Bonchev–Trinajstić information content (AvgIpc) is 3.44. The molecule has 2 N–H and O–H groups in total. The Balaban J connectivity index is 0.00000210. The van der Waals surface area contributed by atoms with Crippen LogP contribution in [0.3, 0.4) is 0 Å². The normalized spacial score (nSPS) is 12.0. The smallest absolute Gasteiger partial charge is 0.716 e. The van der Waals surface area contributed by atoms with Crippen molar-refractivity contribution in [3.8, 4) is 34.5 Å².